The molecule has 0 spiro atoms. The molecule has 0 aliphatic rings. The molecule has 0 bridgehead atoms. The number of rotatable bonds is 4. The number of methoxy groups -OCH3 is 1. The lowest BCUT2D eigenvalue weighted by Crippen LogP contribution is -2.20. The molecular weight excluding hydrogens is 480 g/mol. The SMILES string of the molecule is COc1cc(C(=O)O)ccc1-c1nn(C(=O)c2c(Cl)cccc2C(F)(F)F)c2cccc(F)c12. The summed E-state index contributed by atoms with van der Waals surface area (Å²) in [6, 6.07) is 10.3. The molecule has 1 aromatic heterocycles. The van der Waals surface area contributed by atoms with Gasteiger partial charge < -0.3 is 9.84 Å². The normalized spacial score (nSPS) is 11.6. The number of carboxylic acids is 1. The van der Waals surface area contributed by atoms with Gasteiger partial charge in [-0.1, -0.05) is 23.7 Å². The molecule has 0 unspecified atom stereocenters. The van der Waals surface area contributed by atoms with Gasteiger partial charge in [0.1, 0.15) is 17.3 Å². The molecule has 174 valence electrons. The van der Waals surface area contributed by atoms with Crippen LogP contribution in [0.5, 0.6) is 5.75 Å². The number of aromatic nitrogens is 2. The molecule has 0 saturated carbocycles. The number of hydrogen-bond donors (Lipinski definition) is 1. The standard InChI is InChI=1S/C23H13ClF4N2O4/c1-34-17-10-11(22(32)33)8-9-12(17)20-19-15(25)6-3-7-16(19)30(29-20)21(31)18-13(23(26,27)28)4-2-5-14(18)24/h2-10H,1H3,(H,32,33). The van der Waals surface area contributed by atoms with Crippen LogP contribution in [0, 0.1) is 5.82 Å². The van der Waals surface area contributed by atoms with Crippen molar-refractivity contribution in [1.82, 2.24) is 9.78 Å². The molecule has 0 radical (unpaired) electrons. The number of fused-ring (bicyclic) bond motifs is 1. The molecular formula is C23H13ClF4N2O4. The third kappa shape index (κ3) is 3.86. The predicted octanol–water partition coefficient (Wildman–Crippen LogP) is 5.91. The van der Waals surface area contributed by atoms with Crippen molar-refractivity contribution < 1.29 is 37.0 Å². The van der Waals surface area contributed by atoms with E-state index in [1.54, 1.807) is 0 Å². The fraction of sp³-hybridized carbons (Fsp3) is 0.0870. The van der Waals surface area contributed by atoms with E-state index in [1.165, 1.54) is 37.4 Å². The highest BCUT2D eigenvalue weighted by Crippen LogP contribution is 2.39. The van der Waals surface area contributed by atoms with E-state index in [0.717, 1.165) is 18.2 Å². The second-order valence-corrected chi connectivity index (χ2v) is 7.49. The smallest absolute Gasteiger partial charge is 0.417 e. The molecule has 4 rings (SSSR count). The van der Waals surface area contributed by atoms with Crippen molar-refractivity contribution in [3.8, 4) is 17.0 Å². The maximum Gasteiger partial charge on any atom is 0.417 e. The maximum absolute atomic E-state index is 14.9. The van der Waals surface area contributed by atoms with Gasteiger partial charge in [0.05, 0.1) is 39.7 Å². The van der Waals surface area contributed by atoms with Crippen LogP contribution in [0.25, 0.3) is 22.2 Å². The van der Waals surface area contributed by atoms with E-state index >= 15 is 0 Å². The number of ether oxygens (including phenoxy) is 1. The topological polar surface area (TPSA) is 81.4 Å². The third-order valence-electron chi connectivity index (χ3n) is 5.09. The van der Waals surface area contributed by atoms with Crippen molar-refractivity contribution in [2.75, 3.05) is 7.11 Å². The zero-order valence-corrected chi connectivity index (χ0v) is 17.9. The summed E-state index contributed by atoms with van der Waals surface area (Å²) in [6.45, 7) is 0. The van der Waals surface area contributed by atoms with Gasteiger partial charge in [-0.25, -0.2) is 9.18 Å². The Hall–Kier alpha value is -3.92. The van der Waals surface area contributed by atoms with Gasteiger partial charge in [-0.2, -0.15) is 23.0 Å². The minimum atomic E-state index is -4.89. The highest BCUT2D eigenvalue weighted by Gasteiger charge is 2.37. The first-order valence-corrected chi connectivity index (χ1v) is 9.91. The van der Waals surface area contributed by atoms with Crippen molar-refractivity contribution in [2.45, 2.75) is 6.18 Å². The van der Waals surface area contributed by atoms with Crippen molar-refractivity contribution >= 4 is 34.4 Å². The van der Waals surface area contributed by atoms with Gasteiger partial charge in [-0.05, 0) is 42.5 Å². The van der Waals surface area contributed by atoms with Crippen LogP contribution >= 0.6 is 11.6 Å². The first-order chi connectivity index (χ1) is 16.0. The summed E-state index contributed by atoms with van der Waals surface area (Å²) in [4.78, 5) is 24.6. The molecule has 0 aliphatic carbocycles. The van der Waals surface area contributed by atoms with Crippen LogP contribution in [0.15, 0.2) is 54.6 Å². The van der Waals surface area contributed by atoms with E-state index in [9.17, 15) is 32.3 Å². The Morgan fingerprint density at radius 1 is 1.09 bits per heavy atom. The molecule has 0 fully saturated rings. The van der Waals surface area contributed by atoms with Gasteiger partial charge in [0.25, 0.3) is 5.91 Å². The number of carboxylic acid groups (broad SMARTS) is 1. The Morgan fingerprint density at radius 2 is 1.79 bits per heavy atom. The maximum atomic E-state index is 14.9. The third-order valence-corrected chi connectivity index (χ3v) is 5.40. The average Bonchev–Trinajstić information content (AvgIpc) is 3.18. The number of nitrogens with zero attached hydrogens (tertiary/aromatic N) is 2. The molecule has 0 amide bonds. The van der Waals surface area contributed by atoms with Gasteiger partial charge in [0.15, 0.2) is 0 Å². The zero-order chi connectivity index (χ0) is 24.8. The lowest BCUT2D eigenvalue weighted by molar-refractivity contribution is -0.137. The number of carbonyl (C=O) groups excluding carboxylic acids is 1. The van der Waals surface area contributed by atoms with Gasteiger partial charge in [0.2, 0.25) is 0 Å². The molecule has 0 aliphatic heterocycles. The number of hydrogen-bond acceptors (Lipinski definition) is 4. The van der Waals surface area contributed by atoms with Crippen molar-refractivity contribution in [3.05, 3.63) is 82.1 Å². The molecule has 6 nitrogen and oxygen atoms in total. The fourth-order valence-electron chi connectivity index (χ4n) is 3.57. The number of alkyl halides is 3. The lowest BCUT2D eigenvalue weighted by atomic mass is 10.0. The van der Waals surface area contributed by atoms with E-state index < -0.39 is 40.0 Å². The second kappa shape index (κ2) is 8.45. The number of carbonyl (C=O) groups is 2. The fourth-order valence-corrected chi connectivity index (χ4v) is 3.83. The molecule has 1 N–H and O–H groups in total. The van der Waals surface area contributed by atoms with Gasteiger partial charge in [-0.3, -0.25) is 4.79 Å². The average molecular weight is 493 g/mol. The minimum absolute atomic E-state index is 0.0101. The van der Waals surface area contributed by atoms with E-state index in [4.69, 9.17) is 16.3 Å². The zero-order valence-electron chi connectivity index (χ0n) is 17.2. The molecule has 34 heavy (non-hydrogen) atoms. The molecule has 3 aromatic carbocycles. The summed E-state index contributed by atoms with van der Waals surface area (Å²) >= 11 is 5.97. The Morgan fingerprint density at radius 3 is 2.44 bits per heavy atom. The lowest BCUT2D eigenvalue weighted by Gasteiger charge is -2.13. The van der Waals surface area contributed by atoms with E-state index in [2.05, 4.69) is 5.10 Å². The molecule has 0 saturated heterocycles. The first kappa shape index (κ1) is 23.2. The van der Waals surface area contributed by atoms with Crippen molar-refractivity contribution in [2.24, 2.45) is 0 Å². The number of halogens is 5. The predicted molar refractivity (Wildman–Crippen MR) is 115 cm³/mol. The summed E-state index contributed by atoms with van der Waals surface area (Å²) in [5.41, 5.74) is -2.34. The van der Waals surface area contributed by atoms with Crippen LogP contribution in [0.2, 0.25) is 5.02 Å². The Balaban J connectivity index is 2.01. The van der Waals surface area contributed by atoms with E-state index in [-0.39, 0.29) is 33.5 Å². The molecule has 1 heterocycles. The quantitative estimate of drug-likeness (QED) is 0.358. The van der Waals surface area contributed by atoms with Crippen LogP contribution in [-0.2, 0) is 6.18 Å². The summed E-state index contributed by atoms with van der Waals surface area (Å²) < 4.78 is 61.5. The van der Waals surface area contributed by atoms with Crippen LogP contribution in [0.1, 0.15) is 26.3 Å². The molecule has 11 heteroatoms. The van der Waals surface area contributed by atoms with Crippen LogP contribution in [-0.4, -0.2) is 33.9 Å². The van der Waals surface area contributed by atoms with Crippen molar-refractivity contribution in [1.29, 1.82) is 0 Å². The first-order valence-electron chi connectivity index (χ1n) is 9.54. The highest BCUT2D eigenvalue weighted by atomic mass is 35.5. The Kier molecular flexibility index (Phi) is 5.78. The Labute approximate surface area is 193 Å². The summed E-state index contributed by atoms with van der Waals surface area (Å²) in [6.07, 6.45) is -4.89. The monoisotopic (exact) mass is 492 g/mol. The Bertz CT molecular complexity index is 1460. The molecule has 4 aromatic rings. The highest BCUT2D eigenvalue weighted by molar-refractivity contribution is 6.34. The summed E-state index contributed by atoms with van der Waals surface area (Å²) in [5, 5.41) is 12.7. The van der Waals surface area contributed by atoms with E-state index in [1.807, 2.05) is 0 Å². The molecule has 0 atom stereocenters. The summed E-state index contributed by atoms with van der Waals surface area (Å²) in [7, 11) is 1.25. The van der Waals surface area contributed by atoms with Gasteiger partial charge in [-0.15, -0.1) is 0 Å². The van der Waals surface area contributed by atoms with Crippen LogP contribution in [0.4, 0.5) is 17.6 Å². The number of aromatic carboxylic acids is 1. The van der Waals surface area contributed by atoms with Crippen molar-refractivity contribution in [3.63, 3.8) is 0 Å². The number of benzene rings is 3. The van der Waals surface area contributed by atoms with Crippen LogP contribution < -0.4 is 4.74 Å². The second-order valence-electron chi connectivity index (χ2n) is 7.08. The van der Waals surface area contributed by atoms with Crippen LogP contribution in [0.3, 0.4) is 0 Å². The van der Waals surface area contributed by atoms with E-state index in [0.29, 0.717) is 10.7 Å². The summed E-state index contributed by atoms with van der Waals surface area (Å²) in [5.74, 6) is -3.25. The minimum Gasteiger partial charge on any atom is -0.496 e. The van der Waals surface area contributed by atoms with Gasteiger partial charge >= 0.3 is 12.1 Å². The van der Waals surface area contributed by atoms with Gasteiger partial charge in [0, 0.05) is 5.56 Å². The largest absolute Gasteiger partial charge is 0.496 e.